The number of aromatic hydroxyl groups is 1. The molecule has 0 saturated carbocycles. The van der Waals surface area contributed by atoms with Gasteiger partial charge in [0.05, 0.1) is 34.3 Å². The van der Waals surface area contributed by atoms with Gasteiger partial charge < -0.3 is 21.9 Å². The molecule has 0 aliphatic heterocycles. The van der Waals surface area contributed by atoms with Crippen LogP contribution in [0.3, 0.4) is 0 Å². The van der Waals surface area contributed by atoms with Crippen LogP contribution in [-0.2, 0) is 54.8 Å². The number of phenolic OH excluding ortho intramolecular Hbond substituents is 1. The van der Waals surface area contributed by atoms with Crippen molar-refractivity contribution in [1.82, 2.24) is 0 Å². The fraction of sp³-hybridized carbons (Fsp3) is 0.120. The summed E-state index contributed by atoms with van der Waals surface area (Å²) in [5.74, 6) is -2.51. The first-order chi connectivity index (χ1) is 23.7. The zero-order chi connectivity index (χ0) is 39.6. The lowest BCUT2D eigenvalue weighted by molar-refractivity contribution is 0.284. The van der Waals surface area contributed by atoms with Crippen LogP contribution < -0.4 is 16.8 Å². The molecule has 0 radical (unpaired) electrons. The molecule has 0 unspecified atom stereocenters. The summed E-state index contributed by atoms with van der Waals surface area (Å²) in [6.45, 7) is -0.868. The van der Waals surface area contributed by atoms with Gasteiger partial charge in [0, 0.05) is 23.9 Å². The second-order valence-corrected chi connectivity index (χ2v) is 17.3. The number of benzene rings is 4. The summed E-state index contributed by atoms with van der Waals surface area (Å²) in [5, 5.41) is 20.5. The minimum atomic E-state index is -4.97. The summed E-state index contributed by atoms with van der Waals surface area (Å²) < 4.78 is 167. The Hall–Kier alpha value is -4.58. The van der Waals surface area contributed by atoms with Gasteiger partial charge in [0.2, 0.25) is 0 Å². The van der Waals surface area contributed by atoms with Crippen molar-refractivity contribution >= 4 is 89.8 Å². The molecule has 27 heteroatoms. The van der Waals surface area contributed by atoms with E-state index in [9.17, 15) is 60.7 Å². The molecule has 0 spiro atoms. The molecule has 0 fully saturated rings. The van der Waals surface area contributed by atoms with Crippen LogP contribution in [0, 0.1) is 5.82 Å². The minimum Gasteiger partial charge on any atom is -0.505 e. The van der Waals surface area contributed by atoms with Crippen LogP contribution >= 0.6 is 0 Å². The Labute approximate surface area is 294 Å². The van der Waals surface area contributed by atoms with Crippen LogP contribution in [0.4, 0.5) is 32.8 Å². The van der Waals surface area contributed by atoms with Crippen molar-refractivity contribution in [2.75, 3.05) is 36.2 Å². The lowest BCUT2D eigenvalue weighted by Crippen LogP contribution is -2.16. The van der Waals surface area contributed by atoms with Gasteiger partial charge in [-0.1, -0.05) is 0 Å². The number of azo groups is 1. The lowest BCUT2D eigenvalue weighted by Gasteiger charge is -2.13. The average Bonchev–Trinajstić information content (AvgIpc) is 2.99. The molecule has 4 aromatic carbocycles. The number of phenols is 1. The quantitative estimate of drug-likeness (QED) is 0.0610. The number of hydrogen-bond acceptors (Lipinski definition) is 17. The first-order valence-electron chi connectivity index (χ1n) is 13.3. The van der Waals surface area contributed by atoms with Crippen molar-refractivity contribution in [1.29, 1.82) is 0 Å². The molecule has 284 valence electrons. The van der Waals surface area contributed by atoms with Crippen molar-refractivity contribution in [3.63, 3.8) is 0 Å². The summed E-state index contributed by atoms with van der Waals surface area (Å²) in [4.78, 5) is -3.00. The molecule has 0 aromatic heterocycles. The molecule has 0 heterocycles. The summed E-state index contributed by atoms with van der Waals surface area (Å²) in [6.07, 6.45) is 0. The first-order valence-corrected chi connectivity index (χ1v) is 20.6. The molecular weight excluding hydrogens is 806 g/mol. The largest absolute Gasteiger partial charge is 0.505 e. The summed E-state index contributed by atoms with van der Waals surface area (Å²) in [5.41, 5.74) is 9.98. The molecule has 0 amide bonds. The van der Waals surface area contributed by atoms with E-state index in [0.717, 1.165) is 30.3 Å². The zero-order valence-electron chi connectivity index (χ0n) is 25.8. The van der Waals surface area contributed by atoms with E-state index in [1.807, 2.05) is 0 Å². The molecule has 0 saturated heterocycles. The molecule has 10 N–H and O–H groups in total. The molecule has 4 rings (SSSR count). The van der Waals surface area contributed by atoms with Crippen LogP contribution in [0.5, 0.6) is 5.75 Å². The maximum absolute atomic E-state index is 13.5. The fourth-order valence-corrected chi connectivity index (χ4v) is 7.62. The molecule has 21 nitrogen and oxygen atoms in total. The molecule has 4 aromatic rings. The zero-order valence-corrected chi connectivity index (χ0v) is 29.9. The van der Waals surface area contributed by atoms with Crippen LogP contribution in [0.1, 0.15) is 0 Å². The van der Waals surface area contributed by atoms with Gasteiger partial charge in [-0.3, -0.25) is 18.2 Å². The second-order valence-electron chi connectivity index (χ2n) is 9.95. The normalized spacial score (nSPS) is 12.8. The van der Waals surface area contributed by atoms with E-state index in [2.05, 4.69) is 19.7 Å². The van der Waals surface area contributed by atoms with E-state index in [4.69, 9.17) is 20.6 Å². The first kappa shape index (κ1) is 41.8. The Morgan fingerprint density at radius 1 is 0.731 bits per heavy atom. The van der Waals surface area contributed by atoms with E-state index < -0.39 is 105 Å². The molecule has 0 atom stereocenters. The SMILES string of the molecule is CNc1ccc2c(O)c(N=Nc3cc(F)ccc3S(=O)(=O)O)c(S(=O)(=O)O)cc2c1N.Nc1ccc(S(=O)(=O)CCOS(=O)(=O)O)cc1S(=O)(=O)O. The van der Waals surface area contributed by atoms with E-state index in [-0.39, 0.29) is 22.1 Å². The highest BCUT2D eigenvalue weighted by Gasteiger charge is 2.25. The standard InChI is InChI=1S/C17H15FN4O7S2.C8H11NO9S3/c1-20-11-4-3-9-10(15(11)19)7-14(31(27,28)29)16(17(9)23)22-21-12-6-8(18)2-5-13(12)30(24,25)26;9-7-2-1-6(5-8(7)20(12,13)14)19(10,11)4-3-18-21(15,16)17/h2-7,20,23H,19H2,1H3,(H,24,25,26)(H,27,28,29);1-2,5H,3-4,9H2,(H,12,13,14)(H,15,16,17). The number of rotatable bonds is 11. The van der Waals surface area contributed by atoms with Gasteiger partial charge in [-0.25, -0.2) is 17.0 Å². The predicted molar refractivity (Wildman–Crippen MR) is 180 cm³/mol. The van der Waals surface area contributed by atoms with Crippen LogP contribution in [0.15, 0.2) is 84.4 Å². The number of anilines is 3. The summed E-state index contributed by atoms with van der Waals surface area (Å²) >= 11 is 0. The molecule has 0 bridgehead atoms. The van der Waals surface area contributed by atoms with Gasteiger partial charge in [0.25, 0.3) is 30.4 Å². The molecular formula is C25H26FN5O16S5. The van der Waals surface area contributed by atoms with Gasteiger partial charge in [-0.15, -0.1) is 10.2 Å². The third-order valence-corrected chi connectivity index (χ3v) is 11.3. The Morgan fingerprint density at radius 2 is 1.33 bits per heavy atom. The number of sulfone groups is 1. The number of nitrogens with zero attached hydrogens (tertiary/aromatic N) is 2. The Bertz CT molecular complexity index is 2650. The topological polar surface area (TPSA) is 370 Å². The summed E-state index contributed by atoms with van der Waals surface area (Å²) in [7, 11) is -21.8. The van der Waals surface area contributed by atoms with Crippen LogP contribution in [0.25, 0.3) is 10.8 Å². The van der Waals surface area contributed by atoms with Crippen molar-refractivity contribution in [2.45, 2.75) is 19.6 Å². The van der Waals surface area contributed by atoms with Crippen LogP contribution in [-0.4, -0.2) is 84.8 Å². The molecule has 0 aliphatic rings. The number of nitrogen functional groups attached to an aromatic ring is 2. The predicted octanol–water partition coefficient (Wildman–Crippen LogP) is 2.33. The van der Waals surface area contributed by atoms with Crippen molar-refractivity contribution in [3.8, 4) is 5.75 Å². The second kappa shape index (κ2) is 15.2. The maximum atomic E-state index is 13.5. The summed E-state index contributed by atoms with van der Waals surface area (Å²) in [6, 6.07) is 8.50. The molecule has 0 aliphatic carbocycles. The number of nitrogens with one attached hydrogen (secondary N) is 1. The van der Waals surface area contributed by atoms with E-state index in [0.29, 0.717) is 17.8 Å². The highest BCUT2D eigenvalue weighted by molar-refractivity contribution is 7.91. The third-order valence-electron chi connectivity index (χ3n) is 6.49. The van der Waals surface area contributed by atoms with Gasteiger partial charge in [0.15, 0.2) is 15.6 Å². The van der Waals surface area contributed by atoms with Crippen LogP contribution in [0.2, 0.25) is 0 Å². The number of fused-ring (bicyclic) bond motifs is 1. The van der Waals surface area contributed by atoms with Gasteiger partial charge >= 0.3 is 10.4 Å². The van der Waals surface area contributed by atoms with Gasteiger partial charge in [-0.05, 0) is 48.5 Å². The average molecular weight is 832 g/mol. The van der Waals surface area contributed by atoms with E-state index >= 15 is 0 Å². The Balaban J connectivity index is 0.000000304. The number of nitrogens with two attached hydrogens (primary N) is 2. The van der Waals surface area contributed by atoms with Crippen molar-refractivity contribution in [2.24, 2.45) is 10.2 Å². The Morgan fingerprint density at radius 3 is 1.87 bits per heavy atom. The van der Waals surface area contributed by atoms with E-state index in [1.165, 1.54) is 12.1 Å². The van der Waals surface area contributed by atoms with Crippen molar-refractivity contribution in [3.05, 3.63) is 60.4 Å². The number of halogens is 1. The van der Waals surface area contributed by atoms with Gasteiger partial charge in [-0.2, -0.15) is 33.7 Å². The number of hydrogen-bond donors (Lipinski definition) is 8. The maximum Gasteiger partial charge on any atom is 0.397 e. The lowest BCUT2D eigenvalue weighted by atomic mass is 10.1. The van der Waals surface area contributed by atoms with Crippen molar-refractivity contribution < 1.29 is 74.0 Å². The highest BCUT2D eigenvalue weighted by Crippen LogP contribution is 2.44. The highest BCUT2D eigenvalue weighted by atomic mass is 32.3. The monoisotopic (exact) mass is 831 g/mol. The minimum absolute atomic E-state index is 0.0482. The fourth-order valence-electron chi connectivity index (χ4n) is 4.14. The van der Waals surface area contributed by atoms with Gasteiger partial charge in [0.1, 0.15) is 31.9 Å². The molecule has 52 heavy (non-hydrogen) atoms. The Kier molecular flexibility index (Phi) is 12.2. The van der Waals surface area contributed by atoms with E-state index in [1.54, 1.807) is 7.05 Å². The smallest absolute Gasteiger partial charge is 0.397 e. The third kappa shape index (κ3) is 10.3.